The number of amides is 2. The number of carbonyl (C=O) groups excluding carboxylic acids is 2. The molecular formula is C13H24N2O2. The Morgan fingerprint density at radius 2 is 2.06 bits per heavy atom. The van der Waals surface area contributed by atoms with E-state index in [1.165, 1.54) is 0 Å². The monoisotopic (exact) mass is 240 g/mol. The van der Waals surface area contributed by atoms with Crippen LogP contribution >= 0.6 is 0 Å². The molecule has 1 fully saturated rings. The van der Waals surface area contributed by atoms with Gasteiger partial charge in [-0.15, -0.1) is 0 Å². The predicted octanol–water partition coefficient (Wildman–Crippen LogP) is 1.50. The van der Waals surface area contributed by atoms with Crippen molar-refractivity contribution in [2.75, 3.05) is 20.6 Å². The van der Waals surface area contributed by atoms with Crippen LogP contribution in [-0.2, 0) is 9.59 Å². The molecule has 4 nitrogen and oxygen atoms in total. The van der Waals surface area contributed by atoms with E-state index in [0.29, 0.717) is 0 Å². The molecule has 2 amide bonds. The van der Waals surface area contributed by atoms with Gasteiger partial charge in [0.2, 0.25) is 11.8 Å². The summed E-state index contributed by atoms with van der Waals surface area (Å²) in [5, 5.41) is 0. The van der Waals surface area contributed by atoms with E-state index in [0.717, 1.165) is 32.2 Å². The van der Waals surface area contributed by atoms with Crippen molar-refractivity contribution in [2.24, 2.45) is 5.92 Å². The number of nitrogens with zero attached hydrogens (tertiary/aromatic N) is 2. The molecule has 0 aliphatic carbocycles. The van der Waals surface area contributed by atoms with Crippen molar-refractivity contribution in [3.8, 4) is 0 Å². The maximum atomic E-state index is 12.2. The van der Waals surface area contributed by atoms with Crippen molar-refractivity contribution in [1.29, 1.82) is 0 Å². The lowest BCUT2D eigenvalue weighted by atomic mass is 10.0. The molecule has 1 saturated heterocycles. The van der Waals surface area contributed by atoms with E-state index >= 15 is 0 Å². The van der Waals surface area contributed by atoms with Crippen LogP contribution in [0, 0.1) is 5.92 Å². The molecule has 1 heterocycles. The van der Waals surface area contributed by atoms with Crippen LogP contribution in [0.15, 0.2) is 0 Å². The highest BCUT2D eigenvalue weighted by atomic mass is 16.2. The lowest BCUT2D eigenvalue weighted by molar-refractivity contribution is -0.144. The fraction of sp³-hybridized carbons (Fsp3) is 0.846. The van der Waals surface area contributed by atoms with E-state index in [1.54, 1.807) is 23.9 Å². The SMILES string of the molecule is CCCC(C)C(=O)N1CCCC1C(=O)N(C)C. The number of likely N-dealkylation sites (N-methyl/N-ethyl adjacent to an activating group) is 1. The van der Waals surface area contributed by atoms with Gasteiger partial charge in [0.15, 0.2) is 0 Å². The molecule has 1 aliphatic rings. The number of hydrogen-bond acceptors (Lipinski definition) is 2. The Hall–Kier alpha value is -1.06. The molecule has 0 aromatic rings. The van der Waals surface area contributed by atoms with Gasteiger partial charge in [0, 0.05) is 26.6 Å². The molecule has 0 aromatic heterocycles. The van der Waals surface area contributed by atoms with Crippen molar-refractivity contribution < 1.29 is 9.59 Å². The smallest absolute Gasteiger partial charge is 0.244 e. The second-order valence-corrected chi connectivity index (χ2v) is 5.11. The standard InChI is InChI=1S/C13H24N2O2/c1-5-7-10(2)12(16)15-9-6-8-11(15)13(17)14(3)4/h10-11H,5-9H2,1-4H3. The first kappa shape index (κ1) is 14.0. The van der Waals surface area contributed by atoms with Crippen LogP contribution in [0.3, 0.4) is 0 Å². The van der Waals surface area contributed by atoms with E-state index < -0.39 is 0 Å². The largest absolute Gasteiger partial charge is 0.347 e. The minimum atomic E-state index is -0.225. The fourth-order valence-corrected chi connectivity index (χ4v) is 2.42. The van der Waals surface area contributed by atoms with Gasteiger partial charge in [-0.3, -0.25) is 9.59 Å². The van der Waals surface area contributed by atoms with Gasteiger partial charge in [0.05, 0.1) is 0 Å². The van der Waals surface area contributed by atoms with Crippen LogP contribution in [-0.4, -0.2) is 48.3 Å². The van der Waals surface area contributed by atoms with Gasteiger partial charge in [0.25, 0.3) is 0 Å². The number of rotatable bonds is 4. The third-order valence-electron chi connectivity index (χ3n) is 3.40. The Bertz CT molecular complexity index is 289. The minimum Gasteiger partial charge on any atom is -0.347 e. The molecule has 0 spiro atoms. The van der Waals surface area contributed by atoms with Crippen LogP contribution in [0.1, 0.15) is 39.5 Å². The molecule has 0 aromatic carbocycles. The molecule has 0 bridgehead atoms. The van der Waals surface area contributed by atoms with E-state index in [1.807, 2.05) is 6.92 Å². The minimum absolute atomic E-state index is 0.0376. The maximum absolute atomic E-state index is 12.2. The van der Waals surface area contributed by atoms with Crippen molar-refractivity contribution in [2.45, 2.75) is 45.6 Å². The van der Waals surface area contributed by atoms with Gasteiger partial charge >= 0.3 is 0 Å². The summed E-state index contributed by atoms with van der Waals surface area (Å²) in [5.41, 5.74) is 0. The molecule has 1 rings (SSSR count). The average Bonchev–Trinajstić information content (AvgIpc) is 2.75. The number of carbonyl (C=O) groups is 2. The summed E-state index contributed by atoms with van der Waals surface area (Å²) in [6.45, 7) is 4.77. The fourth-order valence-electron chi connectivity index (χ4n) is 2.42. The van der Waals surface area contributed by atoms with Crippen molar-refractivity contribution in [1.82, 2.24) is 9.80 Å². The summed E-state index contributed by atoms with van der Waals surface area (Å²) in [6, 6.07) is -0.225. The highest BCUT2D eigenvalue weighted by molar-refractivity contribution is 5.88. The van der Waals surface area contributed by atoms with Gasteiger partial charge in [0.1, 0.15) is 6.04 Å². The summed E-state index contributed by atoms with van der Waals surface area (Å²) in [5.74, 6) is 0.236. The van der Waals surface area contributed by atoms with Crippen LogP contribution < -0.4 is 0 Å². The Kier molecular flexibility index (Phi) is 4.97. The van der Waals surface area contributed by atoms with Crippen LogP contribution in [0.25, 0.3) is 0 Å². The first-order valence-electron chi connectivity index (χ1n) is 6.50. The molecule has 0 N–H and O–H groups in total. The highest BCUT2D eigenvalue weighted by Crippen LogP contribution is 2.22. The number of hydrogen-bond donors (Lipinski definition) is 0. The summed E-state index contributed by atoms with van der Waals surface area (Å²) in [6.07, 6.45) is 3.65. The first-order chi connectivity index (χ1) is 7.99. The van der Waals surface area contributed by atoms with Crippen LogP contribution in [0.4, 0.5) is 0 Å². The zero-order chi connectivity index (χ0) is 13.0. The zero-order valence-electron chi connectivity index (χ0n) is 11.4. The molecule has 1 aliphatic heterocycles. The molecule has 0 radical (unpaired) electrons. The summed E-state index contributed by atoms with van der Waals surface area (Å²) in [4.78, 5) is 27.6. The molecule has 0 saturated carbocycles. The highest BCUT2D eigenvalue weighted by Gasteiger charge is 2.36. The summed E-state index contributed by atoms with van der Waals surface area (Å²) in [7, 11) is 3.50. The van der Waals surface area contributed by atoms with Crippen molar-refractivity contribution in [3.05, 3.63) is 0 Å². The Morgan fingerprint density at radius 1 is 1.41 bits per heavy atom. The van der Waals surface area contributed by atoms with Crippen LogP contribution in [0.2, 0.25) is 0 Å². The quantitative estimate of drug-likeness (QED) is 0.747. The molecular weight excluding hydrogens is 216 g/mol. The van der Waals surface area contributed by atoms with Gasteiger partial charge in [-0.1, -0.05) is 20.3 Å². The summed E-state index contributed by atoms with van der Waals surface area (Å²) >= 11 is 0. The van der Waals surface area contributed by atoms with Crippen molar-refractivity contribution >= 4 is 11.8 Å². The van der Waals surface area contributed by atoms with E-state index in [4.69, 9.17) is 0 Å². The normalized spacial score (nSPS) is 21.4. The lowest BCUT2D eigenvalue weighted by Gasteiger charge is -2.28. The van der Waals surface area contributed by atoms with Gasteiger partial charge in [-0.2, -0.15) is 0 Å². The van der Waals surface area contributed by atoms with E-state index in [-0.39, 0.29) is 23.8 Å². The predicted molar refractivity (Wildman–Crippen MR) is 67.5 cm³/mol. The molecule has 2 unspecified atom stereocenters. The molecule has 4 heteroatoms. The third kappa shape index (κ3) is 3.20. The third-order valence-corrected chi connectivity index (χ3v) is 3.40. The zero-order valence-corrected chi connectivity index (χ0v) is 11.4. The van der Waals surface area contributed by atoms with Gasteiger partial charge < -0.3 is 9.80 Å². The molecule has 2 atom stereocenters. The maximum Gasteiger partial charge on any atom is 0.244 e. The second-order valence-electron chi connectivity index (χ2n) is 5.11. The Balaban J connectivity index is 2.69. The van der Waals surface area contributed by atoms with E-state index in [2.05, 4.69) is 6.92 Å². The lowest BCUT2D eigenvalue weighted by Crippen LogP contribution is -2.47. The van der Waals surface area contributed by atoms with Gasteiger partial charge in [-0.25, -0.2) is 0 Å². The average molecular weight is 240 g/mol. The first-order valence-corrected chi connectivity index (χ1v) is 6.50. The van der Waals surface area contributed by atoms with E-state index in [9.17, 15) is 9.59 Å². The molecule has 98 valence electrons. The van der Waals surface area contributed by atoms with Crippen molar-refractivity contribution in [3.63, 3.8) is 0 Å². The van der Waals surface area contributed by atoms with Gasteiger partial charge in [-0.05, 0) is 19.3 Å². The number of likely N-dealkylation sites (tertiary alicyclic amines) is 1. The Morgan fingerprint density at radius 3 is 2.59 bits per heavy atom. The second kappa shape index (κ2) is 6.03. The topological polar surface area (TPSA) is 40.6 Å². The summed E-state index contributed by atoms with van der Waals surface area (Å²) < 4.78 is 0. The molecule has 17 heavy (non-hydrogen) atoms. The van der Waals surface area contributed by atoms with Crippen LogP contribution in [0.5, 0.6) is 0 Å². The Labute approximate surface area is 104 Å².